The summed E-state index contributed by atoms with van der Waals surface area (Å²) in [6.45, 7) is 10.5. The molecule has 4 heteroatoms. The fraction of sp³-hybridized carbons (Fsp3) is 1.00. The minimum Gasteiger partial charge on any atom is -0.297 e. The van der Waals surface area contributed by atoms with Gasteiger partial charge < -0.3 is 0 Å². The van der Waals surface area contributed by atoms with E-state index in [-0.39, 0.29) is 0 Å². The minimum atomic E-state index is 0.499. The first kappa shape index (κ1) is 11.9. The molecule has 0 unspecified atom stereocenters. The van der Waals surface area contributed by atoms with E-state index in [2.05, 4.69) is 48.1 Å². The minimum absolute atomic E-state index is 0.499. The Morgan fingerprint density at radius 1 is 0.765 bits per heavy atom. The molecule has 0 amide bonds. The fourth-order valence-electron chi connectivity index (χ4n) is 3.94. The van der Waals surface area contributed by atoms with Gasteiger partial charge >= 0.3 is 0 Å². The van der Waals surface area contributed by atoms with Gasteiger partial charge in [0.2, 0.25) is 0 Å². The Labute approximate surface area is 105 Å². The molecule has 3 rings (SSSR count). The molecule has 6 atom stereocenters. The molecule has 0 spiro atoms. The van der Waals surface area contributed by atoms with Crippen molar-refractivity contribution in [3.63, 3.8) is 0 Å². The lowest BCUT2D eigenvalue weighted by Gasteiger charge is -2.43. The van der Waals surface area contributed by atoms with E-state index >= 15 is 0 Å². The number of nitrogens with one attached hydrogen (secondary N) is 2. The van der Waals surface area contributed by atoms with E-state index < -0.39 is 0 Å². The third kappa shape index (κ3) is 1.91. The molecule has 0 bridgehead atoms. The van der Waals surface area contributed by atoms with Crippen LogP contribution in [-0.4, -0.2) is 53.0 Å². The number of fused-ring (bicyclic) bond motifs is 3. The van der Waals surface area contributed by atoms with Crippen molar-refractivity contribution in [2.75, 3.05) is 6.67 Å². The van der Waals surface area contributed by atoms with Crippen molar-refractivity contribution in [1.29, 1.82) is 0 Å². The molecule has 0 aliphatic carbocycles. The normalized spacial score (nSPS) is 52.2. The van der Waals surface area contributed by atoms with Crippen molar-refractivity contribution in [2.24, 2.45) is 0 Å². The van der Waals surface area contributed by atoms with Gasteiger partial charge in [-0.3, -0.25) is 20.4 Å². The zero-order valence-electron chi connectivity index (χ0n) is 11.5. The Bertz CT molecular complexity index is 267. The second kappa shape index (κ2) is 4.19. The van der Waals surface area contributed by atoms with Crippen LogP contribution in [0.3, 0.4) is 0 Å². The Hall–Kier alpha value is -0.160. The Kier molecular flexibility index (Phi) is 2.94. The summed E-state index contributed by atoms with van der Waals surface area (Å²) in [6, 6.07) is 2.68. The second-order valence-corrected chi connectivity index (χ2v) is 6.36. The van der Waals surface area contributed by atoms with Crippen molar-refractivity contribution in [3.8, 4) is 0 Å². The third-order valence-electron chi connectivity index (χ3n) is 4.77. The SMILES string of the molecule is C[C@@H]1C[C@H](C)N[C@@H]2[C@H]3N[C@@H](C)C[C@@H](C)N3CN12. The topological polar surface area (TPSA) is 30.5 Å². The maximum Gasteiger partial charge on any atom is 0.0909 e. The fourth-order valence-corrected chi connectivity index (χ4v) is 3.94. The second-order valence-electron chi connectivity index (χ2n) is 6.36. The average molecular weight is 238 g/mol. The van der Waals surface area contributed by atoms with Crippen LogP contribution in [0.1, 0.15) is 40.5 Å². The summed E-state index contributed by atoms with van der Waals surface area (Å²) in [6.07, 6.45) is 3.53. The van der Waals surface area contributed by atoms with Crippen LogP contribution in [0, 0.1) is 0 Å². The molecule has 3 aliphatic rings. The highest BCUT2D eigenvalue weighted by molar-refractivity contribution is 5.01. The van der Waals surface area contributed by atoms with Crippen LogP contribution in [0.15, 0.2) is 0 Å². The van der Waals surface area contributed by atoms with Crippen LogP contribution in [-0.2, 0) is 0 Å². The lowest BCUT2D eigenvalue weighted by Crippen LogP contribution is -2.65. The van der Waals surface area contributed by atoms with Gasteiger partial charge in [0, 0.05) is 24.2 Å². The van der Waals surface area contributed by atoms with Gasteiger partial charge in [-0.2, -0.15) is 0 Å². The van der Waals surface area contributed by atoms with Crippen LogP contribution in [0.2, 0.25) is 0 Å². The number of rotatable bonds is 0. The summed E-state index contributed by atoms with van der Waals surface area (Å²) in [5.74, 6) is 0. The zero-order valence-corrected chi connectivity index (χ0v) is 11.5. The van der Waals surface area contributed by atoms with Crippen LogP contribution in [0.4, 0.5) is 0 Å². The van der Waals surface area contributed by atoms with Crippen molar-refractivity contribution in [2.45, 2.75) is 77.0 Å². The summed E-state index contributed by atoms with van der Waals surface area (Å²) < 4.78 is 0. The van der Waals surface area contributed by atoms with E-state index in [1.165, 1.54) is 12.8 Å². The van der Waals surface area contributed by atoms with Crippen LogP contribution in [0.25, 0.3) is 0 Å². The average Bonchev–Trinajstić information content (AvgIpc) is 2.58. The molecule has 0 aromatic rings. The monoisotopic (exact) mass is 238 g/mol. The van der Waals surface area contributed by atoms with Gasteiger partial charge in [0.15, 0.2) is 0 Å². The number of hydrogen-bond donors (Lipinski definition) is 2. The zero-order chi connectivity index (χ0) is 12.2. The summed E-state index contributed by atoms with van der Waals surface area (Å²) >= 11 is 0. The van der Waals surface area contributed by atoms with Gasteiger partial charge in [-0.1, -0.05) is 0 Å². The highest BCUT2D eigenvalue weighted by Crippen LogP contribution is 2.31. The molecule has 0 aromatic carbocycles. The molecule has 3 saturated heterocycles. The highest BCUT2D eigenvalue weighted by Gasteiger charge is 2.48. The predicted molar refractivity (Wildman–Crippen MR) is 69.5 cm³/mol. The van der Waals surface area contributed by atoms with Gasteiger partial charge in [-0.25, -0.2) is 0 Å². The van der Waals surface area contributed by atoms with Crippen LogP contribution in [0.5, 0.6) is 0 Å². The van der Waals surface area contributed by atoms with Gasteiger partial charge in [0.05, 0.1) is 19.0 Å². The van der Waals surface area contributed by atoms with E-state index in [0.29, 0.717) is 36.5 Å². The van der Waals surface area contributed by atoms with Crippen molar-refractivity contribution in [1.82, 2.24) is 20.4 Å². The first-order chi connectivity index (χ1) is 8.06. The molecule has 4 nitrogen and oxygen atoms in total. The van der Waals surface area contributed by atoms with Crippen molar-refractivity contribution in [3.05, 3.63) is 0 Å². The van der Waals surface area contributed by atoms with Gasteiger partial charge in [-0.05, 0) is 40.5 Å². The van der Waals surface area contributed by atoms with E-state index in [1.54, 1.807) is 0 Å². The van der Waals surface area contributed by atoms with Crippen molar-refractivity contribution < 1.29 is 0 Å². The molecule has 3 heterocycles. The molecule has 3 fully saturated rings. The lowest BCUT2D eigenvalue weighted by atomic mass is 10.0. The maximum absolute atomic E-state index is 3.77. The Morgan fingerprint density at radius 3 is 1.59 bits per heavy atom. The first-order valence-corrected chi connectivity index (χ1v) is 7.10. The van der Waals surface area contributed by atoms with E-state index in [0.717, 1.165) is 6.67 Å². The third-order valence-corrected chi connectivity index (χ3v) is 4.77. The molecule has 0 saturated carbocycles. The quantitative estimate of drug-likeness (QED) is 0.652. The van der Waals surface area contributed by atoms with E-state index in [1.807, 2.05) is 0 Å². The predicted octanol–water partition coefficient (Wildman–Crippen LogP) is 0.754. The largest absolute Gasteiger partial charge is 0.297 e. The lowest BCUT2D eigenvalue weighted by molar-refractivity contribution is 0.0765. The molecule has 98 valence electrons. The van der Waals surface area contributed by atoms with Crippen LogP contribution < -0.4 is 10.6 Å². The van der Waals surface area contributed by atoms with Gasteiger partial charge in [0.25, 0.3) is 0 Å². The maximum atomic E-state index is 3.77. The molecular formula is C13H26N4. The molecular weight excluding hydrogens is 212 g/mol. The van der Waals surface area contributed by atoms with Gasteiger partial charge in [0.1, 0.15) is 0 Å². The van der Waals surface area contributed by atoms with Gasteiger partial charge in [-0.15, -0.1) is 0 Å². The van der Waals surface area contributed by atoms with Crippen LogP contribution >= 0.6 is 0 Å². The summed E-state index contributed by atoms with van der Waals surface area (Å²) in [5, 5.41) is 7.54. The van der Waals surface area contributed by atoms with E-state index in [9.17, 15) is 0 Å². The van der Waals surface area contributed by atoms with E-state index in [4.69, 9.17) is 0 Å². The molecule has 3 aliphatic heterocycles. The standard InChI is InChI=1S/C13H26N4/c1-8-5-10(3)16-7-17-11(4)6-9(2)15-13(17)12(16)14-8/h8-15H,5-7H2,1-4H3/t8-,9-,10+,11+,12-,13-/m0/s1. The molecule has 0 radical (unpaired) electrons. The summed E-state index contributed by atoms with van der Waals surface area (Å²) in [5.41, 5.74) is 0. The molecule has 0 aromatic heterocycles. The molecule has 2 N–H and O–H groups in total. The highest BCUT2D eigenvalue weighted by atomic mass is 15.5. The smallest absolute Gasteiger partial charge is 0.0909 e. The molecule has 17 heavy (non-hydrogen) atoms. The Morgan fingerprint density at radius 2 is 1.18 bits per heavy atom. The Balaban J connectivity index is 1.82. The van der Waals surface area contributed by atoms with Crippen molar-refractivity contribution >= 4 is 0 Å². The first-order valence-electron chi connectivity index (χ1n) is 7.10. The number of nitrogens with zero attached hydrogens (tertiary/aromatic N) is 2. The summed E-state index contributed by atoms with van der Waals surface area (Å²) in [7, 11) is 0. The summed E-state index contributed by atoms with van der Waals surface area (Å²) in [4.78, 5) is 5.26. The number of hydrogen-bond acceptors (Lipinski definition) is 4.